The Morgan fingerprint density at radius 3 is 2.94 bits per heavy atom. The molecule has 0 amide bonds. The zero-order valence-corrected chi connectivity index (χ0v) is 9.79. The third-order valence-corrected chi connectivity index (χ3v) is 1.89. The predicted octanol–water partition coefficient (Wildman–Crippen LogP) is 1.49. The Hall–Kier alpha value is -2.44. The zero-order chi connectivity index (χ0) is 13.5. The van der Waals surface area contributed by atoms with Crippen LogP contribution in [-0.4, -0.2) is 29.1 Å². The van der Waals surface area contributed by atoms with Crippen LogP contribution in [0.2, 0.25) is 0 Å². The van der Waals surface area contributed by atoms with E-state index < -0.39 is 16.7 Å². The molecule has 0 saturated carbocycles. The highest BCUT2D eigenvalue weighted by molar-refractivity contribution is 5.88. The van der Waals surface area contributed by atoms with Crippen LogP contribution in [0, 0.1) is 10.1 Å². The van der Waals surface area contributed by atoms with Gasteiger partial charge in [-0.25, -0.2) is 4.79 Å². The smallest absolute Gasteiger partial charge is 0.406 e. The lowest BCUT2D eigenvalue weighted by Crippen LogP contribution is -2.13. The molecule has 96 valence electrons. The van der Waals surface area contributed by atoms with Crippen molar-refractivity contribution in [3.63, 3.8) is 0 Å². The van der Waals surface area contributed by atoms with Crippen LogP contribution in [0.3, 0.4) is 0 Å². The maximum absolute atomic E-state index is 11.2. The largest absolute Gasteiger partial charge is 0.481 e. The van der Waals surface area contributed by atoms with Gasteiger partial charge < -0.3 is 19.6 Å². The van der Waals surface area contributed by atoms with E-state index in [2.05, 4.69) is 11.6 Å². The van der Waals surface area contributed by atoms with E-state index in [-0.39, 0.29) is 24.5 Å². The maximum Gasteiger partial charge on any atom is 0.406 e. The molecule has 0 saturated heterocycles. The summed E-state index contributed by atoms with van der Waals surface area (Å²) in [5, 5.41) is 10.7. The molecule has 1 aromatic rings. The number of hydrogen-bond acceptors (Lipinski definition) is 6. The van der Waals surface area contributed by atoms with Crippen molar-refractivity contribution in [1.82, 2.24) is 4.98 Å². The van der Waals surface area contributed by atoms with Gasteiger partial charge in [0, 0.05) is 0 Å². The highest BCUT2D eigenvalue weighted by atomic mass is 16.6. The van der Waals surface area contributed by atoms with E-state index in [1.807, 2.05) is 0 Å². The van der Waals surface area contributed by atoms with E-state index in [0.717, 1.165) is 0 Å². The minimum absolute atomic E-state index is 0.0204. The molecule has 1 heterocycles. The third-order valence-electron chi connectivity index (χ3n) is 1.89. The van der Waals surface area contributed by atoms with E-state index in [1.54, 1.807) is 6.92 Å². The van der Waals surface area contributed by atoms with E-state index in [1.165, 1.54) is 18.3 Å². The standard InChI is InChI=1S/C11H12N2O5/c1-3-17-11(14)8(2)7-18-9-5-4-6-12-10(9)13(15)16/h4-6H,2-3,7H2,1H3. The minimum atomic E-state index is -0.664. The van der Waals surface area contributed by atoms with Crippen LogP contribution in [0.5, 0.6) is 5.75 Å². The van der Waals surface area contributed by atoms with Crippen molar-refractivity contribution in [1.29, 1.82) is 0 Å². The average molecular weight is 252 g/mol. The van der Waals surface area contributed by atoms with Crippen LogP contribution in [0.4, 0.5) is 5.82 Å². The second-order valence-corrected chi connectivity index (χ2v) is 3.19. The summed E-state index contributed by atoms with van der Waals surface area (Å²) in [4.78, 5) is 24.8. The Kier molecular flexibility index (Phi) is 4.79. The van der Waals surface area contributed by atoms with Crippen molar-refractivity contribution in [2.24, 2.45) is 0 Å². The molecule has 7 nitrogen and oxygen atoms in total. The summed E-state index contributed by atoms with van der Waals surface area (Å²) < 4.78 is 9.82. The van der Waals surface area contributed by atoms with Gasteiger partial charge in [-0.1, -0.05) is 6.58 Å². The Balaban J connectivity index is 2.66. The first-order valence-electron chi connectivity index (χ1n) is 5.13. The molecule has 0 N–H and O–H groups in total. The fourth-order valence-corrected chi connectivity index (χ4v) is 1.09. The van der Waals surface area contributed by atoms with Crippen molar-refractivity contribution >= 4 is 11.8 Å². The number of ether oxygens (including phenoxy) is 2. The molecular formula is C11H12N2O5. The Bertz CT molecular complexity index is 472. The number of hydrogen-bond donors (Lipinski definition) is 0. The second-order valence-electron chi connectivity index (χ2n) is 3.19. The number of carbonyl (C=O) groups excluding carboxylic acids is 1. The van der Waals surface area contributed by atoms with Gasteiger partial charge in [0.05, 0.1) is 12.2 Å². The monoisotopic (exact) mass is 252 g/mol. The summed E-state index contributed by atoms with van der Waals surface area (Å²) in [5.41, 5.74) is 0.0787. The van der Waals surface area contributed by atoms with E-state index in [0.29, 0.717) is 0 Å². The maximum atomic E-state index is 11.2. The first kappa shape index (κ1) is 13.6. The van der Waals surface area contributed by atoms with E-state index in [4.69, 9.17) is 9.47 Å². The average Bonchev–Trinajstić information content (AvgIpc) is 2.36. The summed E-state index contributed by atoms with van der Waals surface area (Å²) in [6.07, 6.45) is 1.28. The van der Waals surface area contributed by atoms with Crippen molar-refractivity contribution in [3.05, 3.63) is 40.6 Å². The van der Waals surface area contributed by atoms with Gasteiger partial charge in [-0.05, 0) is 29.0 Å². The number of carbonyl (C=O) groups is 1. The van der Waals surface area contributed by atoms with E-state index in [9.17, 15) is 14.9 Å². The summed E-state index contributed by atoms with van der Waals surface area (Å²) in [6.45, 7) is 5.18. The fraction of sp³-hybridized carbons (Fsp3) is 0.273. The molecule has 0 atom stereocenters. The van der Waals surface area contributed by atoms with Crippen molar-refractivity contribution < 1.29 is 19.2 Å². The van der Waals surface area contributed by atoms with Gasteiger partial charge in [-0.15, -0.1) is 0 Å². The number of esters is 1. The van der Waals surface area contributed by atoms with Crippen LogP contribution in [0.25, 0.3) is 0 Å². The number of nitro groups is 1. The van der Waals surface area contributed by atoms with Crippen LogP contribution in [0.15, 0.2) is 30.5 Å². The Morgan fingerprint density at radius 2 is 2.33 bits per heavy atom. The molecule has 18 heavy (non-hydrogen) atoms. The zero-order valence-electron chi connectivity index (χ0n) is 9.79. The molecular weight excluding hydrogens is 240 g/mol. The number of nitrogens with zero attached hydrogens (tertiary/aromatic N) is 2. The first-order valence-corrected chi connectivity index (χ1v) is 5.13. The lowest BCUT2D eigenvalue weighted by molar-refractivity contribution is -0.390. The van der Waals surface area contributed by atoms with Crippen LogP contribution in [-0.2, 0) is 9.53 Å². The van der Waals surface area contributed by atoms with Crippen LogP contribution in [0.1, 0.15) is 6.92 Å². The lowest BCUT2D eigenvalue weighted by Gasteiger charge is -2.07. The number of aromatic nitrogens is 1. The van der Waals surface area contributed by atoms with Crippen molar-refractivity contribution in [2.75, 3.05) is 13.2 Å². The lowest BCUT2D eigenvalue weighted by atomic mass is 10.3. The molecule has 7 heteroatoms. The fourth-order valence-electron chi connectivity index (χ4n) is 1.09. The Morgan fingerprint density at radius 1 is 1.61 bits per heavy atom. The summed E-state index contributed by atoms with van der Waals surface area (Å²) in [7, 11) is 0. The van der Waals surface area contributed by atoms with Crippen LogP contribution < -0.4 is 4.74 Å². The van der Waals surface area contributed by atoms with Crippen LogP contribution >= 0.6 is 0 Å². The summed E-state index contributed by atoms with van der Waals surface area (Å²) in [5.74, 6) is -1.02. The molecule has 0 unspecified atom stereocenters. The van der Waals surface area contributed by atoms with E-state index >= 15 is 0 Å². The molecule has 0 bridgehead atoms. The van der Waals surface area contributed by atoms with Gasteiger partial charge in [-0.3, -0.25) is 0 Å². The molecule has 0 radical (unpaired) electrons. The first-order chi connectivity index (χ1) is 8.56. The number of rotatable bonds is 6. The summed E-state index contributed by atoms with van der Waals surface area (Å²) >= 11 is 0. The summed E-state index contributed by atoms with van der Waals surface area (Å²) in [6, 6.07) is 2.89. The van der Waals surface area contributed by atoms with Gasteiger partial charge in [0.25, 0.3) is 0 Å². The SMILES string of the molecule is C=C(COc1cccnc1[N+](=O)[O-])C(=O)OCC. The molecule has 0 fully saturated rings. The highest BCUT2D eigenvalue weighted by Gasteiger charge is 2.17. The highest BCUT2D eigenvalue weighted by Crippen LogP contribution is 2.23. The topological polar surface area (TPSA) is 91.6 Å². The van der Waals surface area contributed by atoms with Gasteiger partial charge in [0.15, 0.2) is 0 Å². The Labute approximate surface area is 103 Å². The molecule has 0 aliphatic heterocycles. The molecule has 0 aliphatic rings. The quantitative estimate of drug-likeness (QED) is 0.329. The molecule has 0 spiro atoms. The van der Waals surface area contributed by atoms with Gasteiger partial charge >= 0.3 is 11.8 Å². The van der Waals surface area contributed by atoms with Crippen molar-refractivity contribution in [3.8, 4) is 5.75 Å². The second kappa shape index (κ2) is 6.33. The molecule has 1 rings (SSSR count). The third kappa shape index (κ3) is 3.55. The van der Waals surface area contributed by atoms with Gasteiger partial charge in [-0.2, -0.15) is 0 Å². The minimum Gasteiger partial charge on any atom is -0.481 e. The molecule has 0 aromatic carbocycles. The number of pyridine rings is 1. The molecule has 0 aliphatic carbocycles. The normalized spacial score (nSPS) is 9.61. The van der Waals surface area contributed by atoms with Gasteiger partial charge in [0.2, 0.25) is 5.75 Å². The predicted molar refractivity (Wildman–Crippen MR) is 62.2 cm³/mol. The van der Waals surface area contributed by atoms with Gasteiger partial charge in [0.1, 0.15) is 12.8 Å². The van der Waals surface area contributed by atoms with Crippen molar-refractivity contribution in [2.45, 2.75) is 6.92 Å². The molecule has 1 aromatic heterocycles.